The van der Waals surface area contributed by atoms with E-state index in [0.29, 0.717) is 0 Å². The molecule has 1 aromatic rings. The molecule has 0 saturated carbocycles. The maximum atomic E-state index is 12.9. The summed E-state index contributed by atoms with van der Waals surface area (Å²) < 4.78 is 48.9. The number of nitrogens with one attached hydrogen (secondary N) is 1. The lowest BCUT2D eigenvalue weighted by molar-refractivity contribution is -0.175. The summed E-state index contributed by atoms with van der Waals surface area (Å²) in [6.07, 6.45) is -5.62. The van der Waals surface area contributed by atoms with Crippen LogP contribution in [-0.4, -0.2) is 29.2 Å². The van der Waals surface area contributed by atoms with Gasteiger partial charge in [-0.05, 0) is 17.7 Å². The molecule has 0 aliphatic carbocycles. The first-order valence-electron chi connectivity index (χ1n) is 5.05. The van der Waals surface area contributed by atoms with E-state index in [9.17, 15) is 27.2 Å². The van der Waals surface area contributed by atoms with E-state index >= 15 is 0 Å². The molecule has 0 bridgehead atoms. The highest BCUT2D eigenvalue weighted by molar-refractivity contribution is 5.87. The summed E-state index contributed by atoms with van der Waals surface area (Å²) in [7, 11) is 0. The number of amides is 1. The fourth-order valence-electron chi connectivity index (χ4n) is 1.34. The number of carboxylic acid groups (broad SMARTS) is 1. The third-order valence-electron chi connectivity index (χ3n) is 2.19. The highest BCUT2D eigenvalue weighted by Gasteiger charge is 2.40. The predicted octanol–water partition coefficient (Wildman–Crippen LogP) is 1.50. The summed E-state index contributed by atoms with van der Waals surface area (Å²) in [5, 5.41) is 10.1. The van der Waals surface area contributed by atoms with Crippen LogP contribution >= 0.6 is 0 Å². The molecule has 0 unspecified atom stereocenters. The molecule has 0 spiro atoms. The van der Waals surface area contributed by atoms with Crippen LogP contribution in [0.2, 0.25) is 0 Å². The molecule has 0 saturated heterocycles. The van der Waals surface area contributed by atoms with Gasteiger partial charge in [0.1, 0.15) is 11.9 Å². The number of halogens is 4. The number of alkyl halides is 3. The fourth-order valence-corrected chi connectivity index (χ4v) is 1.34. The van der Waals surface area contributed by atoms with Crippen molar-refractivity contribution in [3.63, 3.8) is 0 Å². The van der Waals surface area contributed by atoms with E-state index in [2.05, 4.69) is 0 Å². The number of carbonyl (C=O) groups is 2. The van der Waals surface area contributed by atoms with Gasteiger partial charge < -0.3 is 10.4 Å². The largest absolute Gasteiger partial charge is 0.480 e. The Morgan fingerprint density at radius 3 is 2.42 bits per heavy atom. The first-order chi connectivity index (χ1) is 8.70. The Hall–Kier alpha value is -2.12. The van der Waals surface area contributed by atoms with Crippen LogP contribution in [0.4, 0.5) is 17.6 Å². The van der Waals surface area contributed by atoms with Gasteiger partial charge >= 0.3 is 18.1 Å². The summed E-state index contributed by atoms with van der Waals surface area (Å²) in [5.41, 5.74) is 0.162. The van der Waals surface area contributed by atoms with Gasteiger partial charge in [0.25, 0.3) is 0 Å². The standard InChI is InChI=1S/C11H9F4NO3/c12-7-3-1-2-6(4-7)5-8(9(17)18)16-10(19)11(13,14)15/h1-4,8H,5H2,(H,16,19)(H,17,18)/t8-/m1/s1. The molecule has 0 radical (unpaired) electrons. The summed E-state index contributed by atoms with van der Waals surface area (Å²) in [6, 6.07) is 2.94. The highest BCUT2D eigenvalue weighted by atomic mass is 19.4. The zero-order valence-electron chi connectivity index (χ0n) is 9.37. The van der Waals surface area contributed by atoms with Crippen molar-refractivity contribution in [2.45, 2.75) is 18.6 Å². The second kappa shape index (κ2) is 5.68. The summed E-state index contributed by atoms with van der Waals surface area (Å²) in [6.45, 7) is 0. The monoisotopic (exact) mass is 279 g/mol. The Labute approximate surface area is 105 Å². The third kappa shape index (κ3) is 4.57. The van der Waals surface area contributed by atoms with Crippen molar-refractivity contribution in [1.82, 2.24) is 5.32 Å². The van der Waals surface area contributed by atoms with Crippen molar-refractivity contribution in [1.29, 1.82) is 0 Å². The van der Waals surface area contributed by atoms with Crippen LogP contribution in [0.25, 0.3) is 0 Å². The summed E-state index contributed by atoms with van der Waals surface area (Å²) in [4.78, 5) is 21.4. The van der Waals surface area contributed by atoms with Crippen LogP contribution in [0.15, 0.2) is 24.3 Å². The van der Waals surface area contributed by atoms with Gasteiger partial charge in [0.2, 0.25) is 0 Å². The zero-order chi connectivity index (χ0) is 14.6. The Balaban J connectivity index is 2.80. The average molecular weight is 279 g/mol. The normalized spacial score (nSPS) is 12.8. The molecule has 104 valence electrons. The molecule has 4 nitrogen and oxygen atoms in total. The highest BCUT2D eigenvalue weighted by Crippen LogP contribution is 2.15. The molecule has 8 heteroatoms. The van der Waals surface area contributed by atoms with Crippen molar-refractivity contribution in [3.05, 3.63) is 35.6 Å². The molecule has 0 aromatic heterocycles. The van der Waals surface area contributed by atoms with Gasteiger partial charge in [-0.25, -0.2) is 9.18 Å². The van der Waals surface area contributed by atoms with Crippen LogP contribution in [-0.2, 0) is 16.0 Å². The van der Waals surface area contributed by atoms with Gasteiger partial charge in [-0.3, -0.25) is 4.79 Å². The van der Waals surface area contributed by atoms with Crippen molar-refractivity contribution in [2.75, 3.05) is 0 Å². The SMILES string of the molecule is O=C(O)[C@@H](Cc1cccc(F)c1)NC(=O)C(F)(F)F. The van der Waals surface area contributed by atoms with Gasteiger partial charge in [-0.1, -0.05) is 12.1 Å². The molecule has 1 amide bonds. The van der Waals surface area contributed by atoms with E-state index in [1.54, 1.807) is 0 Å². The van der Waals surface area contributed by atoms with Gasteiger partial charge in [0.15, 0.2) is 0 Å². The van der Waals surface area contributed by atoms with Gasteiger partial charge in [0, 0.05) is 6.42 Å². The van der Waals surface area contributed by atoms with Crippen molar-refractivity contribution in [3.8, 4) is 0 Å². The van der Waals surface area contributed by atoms with E-state index < -0.39 is 36.3 Å². The van der Waals surface area contributed by atoms with Crippen LogP contribution in [0.1, 0.15) is 5.56 Å². The number of hydrogen-bond acceptors (Lipinski definition) is 2. The van der Waals surface area contributed by atoms with Crippen LogP contribution in [0, 0.1) is 5.82 Å². The minimum absolute atomic E-state index is 0.162. The van der Waals surface area contributed by atoms with Crippen LogP contribution in [0.5, 0.6) is 0 Å². The van der Waals surface area contributed by atoms with E-state index in [1.165, 1.54) is 17.4 Å². The lowest BCUT2D eigenvalue weighted by Crippen LogP contribution is -2.47. The van der Waals surface area contributed by atoms with Crippen LogP contribution < -0.4 is 5.32 Å². The van der Waals surface area contributed by atoms with Crippen LogP contribution in [0.3, 0.4) is 0 Å². The number of carbonyl (C=O) groups excluding carboxylic acids is 1. The second-order valence-corrected chi connectivity index (χ2v) is 3.70. The Bertz CT molecular complexity index is 487. The molecule has 1 atom stereocenters. The Morgan fingerprint density at radius 1 is 1.32 bits per heavy atom. The lowest BCUT2D eigenvalue weighted by atomic mass is 10.1. The topological polar surface area (TPSA) is 66.4 Å². The zero-order valence-corrected chi connectivity index (χ0v) is 9.37. The van der Waals surface area contributed by atoms with E-state index in [4.69, 9.17) is 5.11 Å². The Morgan fingerprint density at radius 2 is 1.95 bits per heavy atom. The van der Waals surface area contributed by atoms with Crippen molar-refractivity contribution < 1.29 is 32.3 Å². The summed E-state index contributed by atoms with van der Waals surface area (Å²) in [5.74, 6) is -4.64. The number of carboxylic acids is 1. The van der Waals surface area contributed by atoms with E-state index in [0.717, 1.165) is 12.1 Å². The smallest absolute Gasteiger partial charge is 0.471 e. The first kappa shape index (κ1) is 14.9. The quantitative estimate of drug-likeness (QED) is 0.821. The van der Waals surface area contributed by atoms with Gasteiger partial charge in [0.05, 0.1) is 0 Å². The molecule has 0 aliphatic rings. The maximum absolute atomic E-state index is 12.9. The molecule has 19 heavy (non-hydrogen) atoms. The fraction of sp³-hybridized carbons (Fsp3) is 0.273. The Kier molecular flexibility index (Phi) is 4.47. The maximum Gasteiger partial charge on any atom is 0.471 e. The number of hydrogen-bond donors (Lipinski definition) is 2. The molecule has 1 aromatic carbocycles. The molecule has 0 fully saturated rings. The van der Waals surface area contributed by atoms with E-state index in [1.807, 2.05) is 0 Å². The van der Waals surface area contributed by atoms with Gasteiger partial charge in [-0.15, -0.1) is 0 Å². The second-order valence-electron chi connectivity index (χ2n) is 3.70. The third-order valence-corrected chi connectivity index (χ3v) is 2.19. The first-order valence-corrected chi connectivity index (χ1v) is 5.05. The number of aliphatic carboxylic acids is 1. The van der Waals surface area contributed by atoms with Crippen molar-refractivity contribution >= 4 is 11.9 Å². The minimum atomic E-state index is -5.17. The molecular weight excluding hydrogens is 270 g/mol. The molecule has 0 heterocycles. The van der Waals surface area contributed by atoms with E-state index in [-0.39, 0.29) is 5.56 Å². The number of benzene rings is 1. The average Bonchev–Trinajstić information content (AvgIpc) is 2.26. The van der Waals surface area contributed by atoms with Crippen molar-refractivity contribution in [2.24, 2.45) is 0 Å². The minimum Gasteiger partial charge on any atom is -0.480 e. The molecular formula is C11H9F4NO3. The predicted molar refractivity (Wildman–Crippen MR) is 55.7 cm³/mol. The molecule has 1 rings (SSSR count). The summed E-state index contributed by atoms with van der Waals surface area (Å²) >= 11 is 0. The molecule has 0 aliphatic heterocycles. The molecule has 2 N–H and O–H groups in total. The lowest BCUT2D eigenvalue weighted by Gasteiger charge is -2.15. The number of rotatable bonds is 4. The van der Waals surface area contributed by atoms with Gasteiger partial charge in [-0.2, -0.15) is 13.2 Å².